The van der Waals surface area contributed by atoms with Gasteiger partial charge >= 0.3 is 6.18 Å². The molecule has 1 atom stereocenters. The number of anilines is 1. The van der Waals surface area contributed by atoms with E-state index in [9.17, 15) is 35.9 Å². The zero-order valence-electron chi connectivity index (χ0n) is 14.3. The summed E-state index contributed by atoms with van der Waals surface area (Å²) in [6.07, 6.45) is -4.88. The van der Waals surface area contributed by atoms with Gasteiger partial charge in [0.2, 0.25) is 0 Å². The van der Waals surface area contributed by atoms with Crippen molar-refractivity contribution < 1.29 is 35.9 Å². The smallest absolute Gasteiger partial charge is 0.379 e. The Labute approximate surface area is 158 Å². The lowest BCUT2D eigenvalue weighted by Gasteiger charge is -2.22. The predicted octanol–water partition coefficient (Wildman–Crippen LogP) is 1.20. The number of carbonyl (C=O) groups excluding carboxylic acids is 1. The van der Waals surface area contributed by atoms with Crippen molar-refractivity contribution in [1.82, 2.24) is 4.98 Å². The molecule has 6 nitrogen and oxygen atoms in total. The lowest BCUT2D eigenvalue weighted by Crippen LogP contribution is -2.46. The van der Waals surface area contributed by atoms with Crippen LogP contribution in [0.1, 0.15) is 12.6 Å². The molecule has 1 heterocycles. The number of rotatable bonds is 5. The van der Waals surface area contributed by atoms with E-state index in [-0.39, 0.29) is 4.90 Å². The molecule has 0 unspecified atom stereocenters. The summed E-state index contributed by atoms with van der Waals surface area (Å²) in [5.74, 6) is -3.66. The molecule has 0 aliphatic heterocycles. The fourth-order valence-electron chi connectivity index (χ4n) is 2.18. The molecule has 28 heavy (non-hydrogen) atoms. The first-order chi connectivity index (χ1) is 12.7. The quantitative estimate of drug-likeness (QED) is 0.434. The van der Waals surface area contributed by atoms with Crippen molar-refractivity contribution in [2.24, 2.45) is 0 Å². The van der Waals surface area contributed by atoms with E-state index in [2.05, 4.69) is 4.98 Å². The normalized spacial score (nSPS) is 14.4. The molecule has 0 aliphatic rings. The molecule has 0 saturated carbocycles. The third-order valence-electron chi connectivity index (χ3n) is 3.57. The van der Waals surface area contributed by atoms with Crippen molar-refractivity contribution in [3.63, 3.8) is 0 Å². The first kappa shape index (κ1) is 21.8. The van der Waals surface area contributed by atoms with Crippen LogP contribution in [0, 0.1) is 5.82 Å². The van der Waals surface area contributed by atoms with Crippen molar-refractivity contribution in [1.29, 1.82) is 0 Å². The van der Waals surface area contributed by atoms with Crippen LogP contribution in [-0.4, -0.2) is 43.6 Å². The van der Waals surface area contributed by atoms with Crippen molar-refractivity contribution in [3.05, 3.63) is 47.9 Å². The van der Waals surface area contributed by atoms with Gasteiger partial charge in [-0.25, -0.2) is 17.8 Å². The predicted molar refractivity (Wildman–Crippen MR) is 92.3 cm³/mol. The number of nitrogens with zero attached hydrogens (tertiary/aromatic N) is 1. The lowest BCUT2D eigenvalue weighted by molar-refractivity contribution is -0.140. The molecule has 12 heteroatoms. The number of sulfone groups is 1. The maximum Gasteiger partial charge on any atom is 0.432 e. The second kappa shape index (κ2) is 7.51. The number of alkyl halides is 3. The summed E-state index contributed by atoms with van der Waals surface area (Å²) in [6, 6.07) is 5.51. The molecule has 0 bridgehead atoms. The molecule has 0 aliphatic carbocycles. The molecule has 2 aromatic rings. The van der Waals surface area contributed by atoms with Gasteiger partial charge in [-0.15, -0.1) is 0 Å². The Morgan fingerprint density at radius 3 is 2.29 bits per heavy atom. The van der Waals surface area contributed by atoms with Gasteiger partial charge < -0.3 is 10.4 Å². The molecule has 0 fully saturated rings. The Morgan fingerprint density at radius 2 is 1.75 bits per heavy atom. The van der Waals surface area contributed by atoms with E-state index in [0.29, 0.717) is 0 Å². The van der Waals surface area contributed by atoms with E-state index in [1.54, 1.807) is 0 Å². The van der Waals surface area contributed by atoms with Gasteiger partial charge in [0.05, 0.1) is 10.6 Å². The molecule has 2 radical (unpaired) electrons. The summed E-state index contributed by atoms with van der Waals surface area (Å²) in [6.45, 7) is 0.866. The number of aromatic nitrogens is 1. The second-order valence-electron chi connectivity index (χ2n) is 6.07. The zero-order valence-corrected chi connectivity index (χ0v) is 15.1. The van der Waals surface area contributed by atoms with Crippen LogP contribution in [-0.2, 0) is 20.8 Å². The van der Waals surface area contributed by atoms with Crippen LogP contribution in [0.5, 0.6) is 0 Å². The summed E-state index contributed by atoms with van der Waals surface area (Å²) in [7, 11) is 0.992. The average molecular weight is 416 g/mol. The van der Waals surface area contributed by atoms with E-state index in [0.717, 1.165) is 43.3 Å². The third kappa shape index (κ3) is 5.07. The van der Waals surface area contributed by atoms with E-state index < -0.39 is 56.1 Å². The Morgan fingerprint density at radius 1 is 1.18 bits per heavy atom. The highest BCUT2D eigenvalue weighted by Gasteiger charge is 2.38. The summed E-state index contributed by atoms with van der Waals surface area (Å²) >= 11 is 0. The Bertz CT molecular complexity index is 993. The fourth-order valence-corrected chi connectivity index (χ4v) is 3.77. The molecule has 2 N–H and O–H groups in total. The number of nitrogens with one attached hydrogen (secondary N) is 1. The molecule has 1 aromatic carbocycles. The van der Waals surface area contributed by atoms with Crippen LogP contribution in [0.2, 0.25) is 0 Å². The molecular formula is C16H13BF4N2O4S. The SMILES string of the molecule is [B]c1ccc(NC(=O)[C@@](C)(O)CS(=O)(=O)c2ccc(F)cc2)nc1C(F)(F)F. The van der Waals surface area contributed by atoms with Gasteiger partial charge in [0.25, 0.3) is 5.91 Å². The summed E-state index contributed by atoms with van der Waals surface area (Å²) in [4.78, 5) is 15.0. The molecule has 2 rings (SSSR count). The van der Waals surface area contributed by atoms with Crippen molar-refractivity contribution >= 4 is 34.9 Å². The summed E-state index contributed by atoms with van der Waals surface area (Å²) < 4.78 is 76.0. The maximum absolute atomic E-state index is 12.9. The van der Waals surface area contributed by atoms with Gasteiger partial charge in [-0.1, -0.05) is 11.5 Å². The average Bonchev–Trinajstić information content (AvgIpc) is 2.55. The monoisotopic (exact) mass is 416 g/mol. The Balaban J connectivity index is 2.22. The minimum atomic E-state index is -4.88. The van der Waals surface area contributed by atoms with E-state index >= 15 is 0 Å². The van der Waals surface area contributed by atoms with Gasteiger partial charge in [-0.3, -0.25) is 4.79 Å². The Kier molecular flexibility index (Phi) is 5.86. The molecule has 1 amide bonds. The number of carbonyl (C=O) groups is 1. The standard InChI is InChI=1S/C16H13BF4N2O4S/c1-15(25,8-28(26,27)10-4-2-9(18)3-5-10)14(24)23-12-7-6-11(17)13(22-12)16(19,20)21/h2-7,25H,8H2,1H3,(H,22,23,24)/t15-/m0/s1. The first-order valence-corrected chi connectivity index (χ1v) is 9.23. The third-order valence-corrected chi connectivity index (χ3v) is 5.50. The molecule has 0 spiro atoms. The van der Waals surface area contributed by atoms with E-state index in [1.807, 2.05) is 5.32 Å². The van der Waals surface area contributed by atoms with Gasteiger partial charge in [0.15, 0.2) is 15.4 Å². The maximum atomic E-state index is 12.9. The minimum Gasteiger partial charge on any atom is -0.379 e. The van der Waals surface area contributed by atoms with Crippen LogP contribution in [0.3, 0.4) is 0 Å². The van der Waals surface area contributed by atoms with Crippen LogP contribution in [0.15, 0.2) is 41.3 Å². The van der Waals surface area contributed by atoms with Gasteiger partial charge in [-0.05, 0) is 37.3 Å². The number of benzene rings is 1. The Hall–Kier alpha value is -2.47. The van der Waals surface area contributed by atoms with Crippen molar-refractivity contribution in [2.45, 2.75) is 23.6 Å². The van der Waals surface area contributed by atoms with Gasteiger partial charge in [-0.2, -0.15) is 13.2 Å². The van der Waals surface area contributed by atoms with Crippen molar-refractivity contribution in [2.75, 3.05) is 11.1 Å². The van der Waals surface area contributed by atoms with Crippen LogP contribution >= 0.6 is 0 Å². The van der Waals surface area contributed by atoms with Crippen LogP contribution in [0.25, 0.3) is 0 Å². The number of aliphatic hydroxyl groups is 1. The number of hydrogen-bond donors (Lipinski definition) is 2. The van der Waals surface area contributed by atoms with Crippen LogP contribution in [0.4, 0.5) is 23.4 Å². The summed E-state index contributed by atoms with van der Waals surface area (Å²) in [5.41, 5.74) is -4.63. The highest BCUT2D eigenvalue weighted by atomic mass is 32.2. The molecular weight excluding hydrogens is 403 g/mol. The number of hydrogen-bond acceptors (Lipinski definition) is 5. The van der Waals surface area contributed by atoms with Gasteiger partial charge in [0.1, 0.15) is 25.2 Å². The minimum absolute atomic E-state index is 0.341. The zero-order chi connectivity index (χ0) is 21.3. The second-order valence-corrected chi connectivity index (χ2v) is 8.06. The number of halogens is 4. The molecule has 0 saturated heterocycles. The largest absolute Gasteiger partial charge is 0.432 e. The number of amides is 1. The molecule has 1 aromatic heterocycles. The first-order valence-electron chi connectivity index (χ1n) is 7.58. The van der Waals surface area contributed by atoms with E-state index in [4.69, 9.17) is 7.85 Å². The summed E-state index contributed by atoms with van der Waals surface area (Å²) in [5, 5.41) is 12.2. The lowest BCUT2D eigenvalue weighted by atomic mass is 9.94. The van der Waals surface area contributed by atoms with Crippen LogP contribution < -0.4 is 10.8 Å². The van der Waals surface area contributed by atoms with E-state index in [1.165, 1.54) is 0 Å². The number of pyridine rings is 1. The highest BCUT2D eigenvalue weighted by molar-refractivity contribution is 7.91. The molecule has 148 valence electrons. The fraction of sp³-hybridized carbons (Fsp3) is 0.250. The van der Waals surface area contributed by atoms with Crippen molar-refractivity contribution in [3.8, 4) is 0 Å². The van der Waals surface area contributed by atoms with Gasteiger partial charge in [0, 0.05) is 0 Å². The topological polar surface area (TPSA) is 96.4 Å². The highest BCUT2D eigenvalue weighted by Crippen LogP contribution is 2.27.